The molecule has 0 aliphatic heterocycles. The van der Waals surface area contributed by atoms with Gasteiger partial charge in [-0.2, -0.15) is 0 Å². The van der Waals surface area contributed by atoms with Gasteiger partial charge in [-0.1, -0.05) is 176 Å². The van der Waals surface area contributed by atoms with Crippen molar-refractivity contribution in [1.82, 2.24) is 4.98 Å². The molecule has 0 spiro atoms. The summed E-state index contributed by atoms with van der Waals surface area (Å²) in [6.45, 7) is 0. The largest absolute Gasteiger partial charge is 0.300 e. The van der Waals surface area contributed by atoms with Crippen LogP contribution in [0.1, 0.15) is 16.7 Å². The third-order valence-corrected chi connectivity index (χ3v) is 9.15. The first-order chi connectivity index (χ1) is 24.7. The topological polar surface area (TPSA) is 36.7 Å². The molecule has 50 heavy (non-hydrogen) atoms. The lowest BCUT2D eigenvalue weighted by molar-refractivity contribution is 1.32. The minimum atomic E-state index is 0.482. The molecule has 2 nitrogen and oxygen atoms in total. The summed E-state index contributed by atoms with van der Waals surface area (Å²) in [7, 11) is 0. The summed E-state index contributed by atoms with van der Waals surface area (Å²) in [6, 6.07) is 67.4. The maximum atomic E-state index is 8.98. The van der Waals surface area contributed by atoms with E-state index in [1.54, 1.807) is 0 Å². The first-order valence-corrected chi connectivity index (χ1v) is 16.9. The summed E-state index contributed by atoms with van der Waals surface area (Å²) in [5.41, 5.74) is 13.2. The summed E-state index contributed by atoms with van der Waals surface area (Å²) in [6.07, 6.45) is 2.00. The Morgan fingerprint density at radius 2 is 0.900 bits per heavy atom. The third-order valence-electron chi connectivity index (χ3n) is 9.15. The molecule has 8 rings (SSSR count). The molecule has 0 radical (unpaired) electrons. The Hall–Kier alpha value is -6.64. The summed E-state index contributed by atoms with van der Waals surface area (Å²) >= 11 is 0. The van der Waals surface area contributed by atoms with Gasteiger partial charge in [0.15, 0.2) is 0 Å². The standard InChI is InChI=1S/C48H34N2/c49-46(38-16-7-2-8-17-38)33-45(36-14-5-1-6-15-36)43-23-13-22-37-28-29-41(30-44(37)43)34-24-26-35(27-25-34)42-31-47(39-18-9-3-10-19-39)50-48(32-42)40-20-11-4-12-21-40/h1-33,49H/b45-33-,49-46?. The molecular formula is C48H34N2. The van der Waals surface area contributed by atoms with Crippen LogP contribution in [-0.4, -0.2) is 10.7 Å². The molecule has 8 aromatic rings. The molecule has 7 aromatic carbocycles. The molecule has 0 aliphatic rings. The zero-order valence-electron chi connectivity index (χ0n) is 27.5. The number of benzene rings is 7. The van der Waals surface area contributed by atoms with E-state index < -0.39 is 0 Å². The van der Waals surface area contributed by atoms with Gasteiger partial charge < -0.3 is 5.41 Å². The quantitative estimate of drug-likeness (QED) is 0.165. The molecule has 0 aliphatic carbocycles. The molecule has 0 saturated heterocycles. The van der Waals surface area contributed by atoms with Gasteiger partial charge >= 0.3 is 0 Å². The van der Waals surface area contributed by atoms with Crippen molar-refractivity contribution in [2.24, 2.45) is 0 Å². The van der Waals surface area contributed by atoms with Gasteiger partial charge in [0.25, 0.3) is 0 Å². The van der Waals surface area contributed by atoms with E-state index in [2.05, 4.69) is 146 Å². The van der Waals surface area contributed by atoms with Crippen LogP contribution in [0.5, 0.6) is 0 Å². The highest BCUT2D eigenvalue weighted by atomic mass is 14.7. The molecule has 1 heterocycles. The molecule has 0 bridgehead atoms. The number of nitrogens with zero attached hydrogens (tertiary/aromatic N) is 1. The average molecular weight is 639 g/mol. The Labute approximate surface area is 293 Å². The molecule has 236 valence electrons. The number of fused-ring (bicyclic) bond motifs is 1. The Kier molecular flexibility index (Phi) is 8.49. The van der Waals surface area contributed by atoms with Gasteiger partial charge in [0, 0.05) is 11.1 Å². The molecule has 0 saturated carbocycles. The van der Waals surface area contributed by atoms with E-state index >= 15 is 0 Å². The normalized spacial score (nSPS) is 11.4. The van der Waals surface area contributed by atoms with Gasteiger partial charge in [0.1, 0.15) is 0 Å². The van der Waals surface area contributed by atoms with Crippen molar-refractivity contribution in [3.8, 4) is 44.8 Å². The van der Waals surface area contributed by atoms with Crippen molar-refractivity contribution in [2.75, 3.05) is 0 Å². The Bertz CT molecular complexity index is 2390. The highest BCUT2D eigenvalue weighted by molar-refractivity contribution is 6.13. The fourth-order valence-corrected chi connectivity index (χ4v) is 6.53. The minimum Gasteiger partial charge on any atom is -0.300 e. The van der Waals surface area contributed by atoms with Crippen molar-refractivity contribution >= 4 is 22.1 Å². The summed E-state index contributed by atoms with van der Waals surface area (Å²) in [5, 5.41) is 11.3. The van der Waals surface area contributed by atoms with Crippen LogP contribution >= 0.6 is 0 Å². The maximum Gasteiger partial charge on any atom is 0.0715 e. The monoisotopic (exact) mass is 638 g/mol. The van der Waals surface area contributed by atoms with Crippen LogP contribution in [0.2, 0.25) is 0 Å². The van der Waals surface area contributed by atoms with E-state index in [1.165, 1.54) is 0 Å². The van der Waals surface area contributed by atoms with Crippen LogP contribution in [-0.2, 0) is 0 Å². The highest BCUT2D eigenvalue weighted by Gasteiger charge is 2.13. The molecule has 1 N–H and O–H groups in total. The van der Waals surface area contributed by atoms with E-state index in [1.807, 2.05) is 54.6 Å². The Balaban J connectivity index is 1.19. The smallest absolute Gasteiger partial charge is 0.0715 e. The second-order valence-electron chi connectivity index (χ2n) is 12.4. The van der Waals surface area contributed by atoms with Gasteiger partial charge in [0.05, 0.1) is 17.1 Å². The summed E-state index contributed by atoms with van der Waals surface area (Å²) in [5.74, 6) is 0. The molecule has 0 fully saturated rings. The SMILES string of the molecule is N=C(/C=C(/c1ccccc1)c1cccc2ccc(-c3ccc(-c4cc(-c5ccccc5)nc(-c5ccccc5)c4)cc3)cc12)c1ccccc1. The molecule has 0 atom stereocenters. The van der Waals surface area contributed by atoms with Crippen LogP contribution in [0.4, 0.5) is 0 Å². The van der Waals surface area contributed by atoms with Crippen LogP contribution in [0.25, 0.3) is 61.1 Å². The van der Waals surface area contributed by atoms with E-state index in [0.717, 1.165) is 77.8 Å². The lowest BCUT2D eigenvalue weighted by Gasteiger charge is -2.14. The van der Waals surface area contributed by atoms with Crippen LogP contribution in [0.15, 0.2) is 200 Å². The van der Waals surface area contributed by atoms with Gasteiger partial charge in [-0.3, -0.25) is 0 Å². The number of rotatable bonds is 8. The van der Waals surface area contributed by atoms with Gasteiger partial charge in [0.2, 0.25) is 0 Å². The average Bonchev–Trinajstić information content (AvgIpc) is 3.20. The van der Waals surface area contributed by atoms with Crippen molar-refractivity contribution in [2.45, 2.75) is 0 Å². The predicted molar refractivity (Wildman–Crippen MR) is 210 cm³/mol. The summed E-state index contributed by atoms with van der Waals surface area (Å²) < 4.78 is 0. The zero-order chi connectivity index (χ0) is 33.7. The van der Waals surface area contributed by atoms with Gasteiger partial charge in [-0.15, -0.1) is 0 Å². The van der Waals surface area contributed by atoms with Crippen LogP contribution in [0.3, 0.4) is 0 Å². The lowest BCUT2D eigenvalue weighted by atomic mass is 9.90. The fourth-order valence-electron chi connectivity index (χ4n) is 6.53. The number of aromatic nitrogens is 1. The number of allylic oxidation sites excluding steroid dienone is 1. The number of pyridine rings is 1. The maximum absolute atomic E-state index is 8.98. The zero-order valence-corrected chi connectivity index (χ0v) is 27.5. The second-order valence-corrected chi connectivity index (χ2v) is 12.4. The number of hydrogen-bond donors (Lipinski definition) is 1. The van der Waals surface area contributed by atoms with Crippen molar-refractivity contribution in [3.63, 3.8) is 0 Å². The van der Waals surface area contributed by atoms with E-state index in [4.69, 9.17) is 10.4 Å². The fraction of sp³-hybridized carbons (Fsp3) is 0. The van der Waals surface area contributed by atoms with Crippen molar-refractivity contribution in [1.29, 1.82) is 5.41 Å². The van der Waals surface area contributed by atoms with Crippen molar-refractivity contribution in [3.05, 3.63) is 217 Å². The van der Waals surface area contributed by atoms with E-state index in [9.17, 15) is 0 Å². The number of hydrogen-bond acceptors (Lipinski definition) is 2. The number of nitrogens with one attached hydrogen (secondary N) is 1. The third kappa shape index (κ3) is 6.43. The molecule has 1 aromatic heterocycles. The van der Waals surface area contributed by atoms with E-state index in [0.29, 0.717) is 5.71 Å². The van der Waals surface area contributed by atoms with Gasteiger partial charge in [-0.05, 0) is 79.6 Å². The second kappa shape index (κ2) is 13.8. The first-order valence-electron chi connectivity index (χ1n) is 16.9. The van der Waals surface area contributed by atoms with Crippen LogP contribution < -0.4 is 0 Å². The molecule has 0 amide bonds. The summed E-state index contributed by atoms with van der Waals surface area (Å²) in [4.78, 5) is 5.05. The molecule has 2 heteroatoms. The van der Waals surface area contributed by atoms with E-state index in [-0.39, 0.29) is 0 Å². The Morgan fingerprint density at radius 3 is 1.48 bits per heavy atom. The van der Waals surface area contributed by atoms with Crippen LogP contribution in [0, 0.1) is 5.41 Å². The lowest BCUT2D eigenvalue weighted by Crippen LogP contribution is -1.98. The van der Waals surface area contributed by atoms with Crippen molar-refractivity contribution < 1.29 is 0 Å². The molecule has 0 unspecified atom stereocenters. The molecular weight excluding hydrogens is 605 g/mol. The highest BCUT2D eigenvalue weighted by Crippen LogP contribution is 2.35. The first kappa shape index (κ1) is 30.7. The Morgan fingerprint density at radius 1 is 0.400 bits per heavy atom. The predicted octanol–water partition coefficient (Wildman–Crippen LogP) is 12.4. The van der Waals surface area contributed by atoms with Gasteiger partial charge in [-0.25, -0.2) is 4.98 Å². The minimum absolute atomic E-state index is 0.482.